The Morgan fingerprint density at radius 2 is 2.00 bits per heavy atom. The molecule has 6 nitrogen and oxygen atoms in total. The molecule has 0 spiro atoms. The SMILES string of the molecule is Cc1ccc([C@H](C)NC(=O)COC(=O)/C=C/c2cc(Cl)c3c(c2)OCO3)cc1C. The fourth-order valence-electron chi connectivity index (χ4n) is 2.83. The third-order valence-electron chi connectivity index (χ3n) is 4.62. The van der Waals surface area contributed by atoms with E-state index in [1.54, 1.807) is 12.1 Å². The van der Waals surface area contributed by atoms with E-state index in [9.17, 15) is 9.59 Å². The van der Waals surface area contributed by atoms with Crippen molar-refractivity contribution in [3.63, 3.8) is 0 Å². The summed E-state index contributed by atoms with van der Waals surface area (Å²) in [5, 5.41) is 3.22. The van der Waals surface area contributed by atoms with Crippen LogP contribution in [0.25, 0.3) is 6.08 Å². The molecule has 1 atom stereocenters. The summed E-state index contributed by atoms with van der Waals surface area (Å²) in [6.45, 7) is 5.69. The van der Waals surface area contributed by atoms with Gasteiger partial charge in [0.05, 0.1) is 11.1 Å². The molecule has 0 bridgehead atoms. The fraction of sp³-hybridized carbons (Fsp3) is 0.273. The van der Waals surface area contributed by atoms with Gasteiger partial charge in [0, 0.05) is 6.08 Å². The summed E-state index contributed by atoms with van der Waals surface area (Å²) in [5.74, 6) is 0.00237. The van der Waals surface area contributed by atoms with Crippen molar-refractivity contribution in [1.82, 2.24) is 5.32 Å². The highest BCUT2D eigenvalue weighted by atomic mass is 35.5. The van der Waals surface area contributed by atoms with Crippen LogP contribution in [0.2, 0.25) is 5.02 Å². The molecule has 1 aliphatic heterocycles. The number of hydrogen-bond acceptors (Lipinski definition) is 5. The summed E-state index contributed by atoms with van der Waals surface area (Å²) in [7, 11) is 0. The lowest BCUT2D eigenvalue weighted by Crippen LogP contribution is -2.31. The Morgan fingerprint density at radius 3 is 2.76 bits per heavy atom. The van der Waals surface area contributed by atoms with Gasteiger partial charge in [0.1, 0.15) is 0 Å². The first-order chi connectivity index (χ1) is 13.8. The Morgan fingerprint density at radius 1 is 1.21 bits per heavy atom. The second-order valence-corrected chi connectivity index (χ2v) is 7.22. The Balaban J connectivity index is 1.50. The first-order valence-electron chi connectivity index (χ1n) is 9.14. The van der Waals surface area contributed by atoms with Crippen molar-refractivity contribution >= 4 is 29.6 Å². The zero-order valence-electron chi connectivity index (χ0n) is 16.5. The van der Waals surface area contributed by atoms with Gasteiger partial charge in [0.2, 0.25) is 6.79 Å². The molecule has 0 fully saturated rings. The molecule has 152 valence electrons. The van der Waals surface area contributed by atoms with Gasteiger partial charge >= 0.3 is 5.97 Å². The number of hydrogen-bond donors (Lipinski definition) is 1. The first kappa shape index (κ1) is 20.7. The Hall–Kier alpha value is -2.99. The molecule has 0 unspecified atom stereocenters. The molecule has 0 aromatic heterocycles. The molecule has 7 heteroatoms. The lowest BCUT2D eigenvalue weighted by atomic mass is 10.0. The zero-order chi connectivity index (χ0) is 21.0. The van der Waals surface area contributed by atoms with Crippen LogP contribution in [-0.4, -0.2) is 25.3 Å². The molecule has 0 saturated heterocycles. The van der Waals surface area contributed by atoms with Crippen LogP contribution in [0.5, 0.6) is 11.5 Å². The Labute approximate surface area is 174 Å². The van der Waals surface area contributed by atoms with E-state index >= 15 is 0 Å². The second kappa shape index (κ2) is 9.01. The number of benzene rings is 2. The van der Waals surface area contributed by atoms with E-state index in [2.05, 4.69) is 5.32 Å². The summed E-state index contributed by atoms with van der Waals surface area (Å²) in [5.41, 5.74) is 4.00. The number of amides is 1. The molecule has 0 saturated carbocycles. The van der Waals surface area contributed by atoms with Crippen LogP contribution in [0.4, 0.5) is 0 Å². The van der Waals surface area contributed by atoms with Gasteiger partial charge < -0.3 is 19.5 Å². The van der Waals surface area contributed by atoms with Crippen LogP contribution < -0.4 is 14.8 Å². The molecule has 2 aromatic rings. The van der Waals surface area contributed by atoms with Gasteiger partial charge in [0.15, 0.2) is 18.1 Å². The number of ether oxygens (including phenoxy) is 3. The topological polar surface area (TPSA) is 73.9 Å². The molecule has 29 heavy (non-hydrogen) atoms. The van der Waals surface area contributed by atoms with E-state index in [0.717, 1.165) is 11.1 Å². The molecule has 2 aromatic carbocycles. The maximum atomic E-state index is 12.1. The molecular formula is C22H22ClNO5. The highest BCUT2D eigenvalue weighted by Crippen LogP contribution is 2.40. The quantitative estimate of drug-likeness (QED) is 0.567. The molecule has 3 rings (SSSR count). The number of nitrogens with one attached hydrogen (secondary N) is 1. The molecule has 0 radical (unpaired) electrons. The van der Waals surface area contributed by atoms with E-state index in [1.807, 2.05) is 39.0 Å². The zero-order valence-corrected chi connectivity index (χ0v) is 17.2. The third-order valence-corrected chi connectivity index (χ3v) is 4.90. The summed E-state index contributed by atoms with van der Waals surface area (Å²) >= 11 is 6.10. The summed E-state index contributed by atoms with van der Waals surface area (Å²) in [6.07, 6.45) is 2.76. The predicted molar refractivity (Wildman–Crippen MR) is 110 cm³/mol. The van der Waals surface area contributed by atoms with E-state index in [1.165, 1.54) is 17.7 Å². The minimum absolute atomic E-state index is 0.111. The summed E-state index contributed by atoms with van der Waals surface area (Å²) in [4.78, 5) is 24.0. The third kappa shape index (κ3) is 5.29. The number of carbonyl (C=O) groups is 2. The highest BCUT2D eigenvalue weighted by Gasteiger charge is 2.17. The molecule has 1 amide bonds. The first-order valence-corrected chi connectivity index (χ1v) is 9.52. The van der Waals surface area contributed by atoms with Gasteiger partial charge in [0.25, 0.3) is 5.91 Å². The number of halogens is 1. The van der Waals surface area contributed by atoms with E-state index in [0.29, 0.717) is 22.1 Å². The molecule has 1 heterocycles. The van der Waals surface area contributed by atoms with Crippen molar-refractivity contribution in [1.29, 1.82) is 0 Å². The van der Waals surface area contributed by atoms with Crippen LogP contribution in [0.3, 0.4) is 0 Å². The van der Waals surface area contributed by atoms with Crippen molar-refractivity contribution in [3.05, 3.63) is 63.7 Å². The van der Waals surface area contributed by atoms with Gasteiger partial charge in [-0.2, -0.15) is 0 Å². The highest BCUT2D eigenvalue weighted by molar-refractivity contribution is 6.32. The van der Waals surface area contributed by atoms with Gasteiger partial charge in [-0.15, -0.1) is 0 Å². The standard InChI is InChI=1S/C22H22ClNO5/c1-13-4-6-17(8-14(13)2)15(3)24-20(25)11-27-21(26)7-5-16-9-18(23)22-19(10-16)28-12-29-22/h4-10,15H,11-12H2,1-3H3,(H,24,25)/b7-5+/t15-/m0/s1. The number of esters is 1. The van der Waals surface area contributed by atoms with Crippen LogP contribution in [0.1, 0.15) is 35.2 Å². The number of rotatable bonds is 6. The smallest absolute Gasteiger partial charge is 0.331 e. The largest absolute Gasteiger partial charge is 0.454 e. The van der Waals surface area contributed by atoms with Gasteiger partial charge in [-0.25, -0.2) is 4.79 Å². The van der Waals surface area contributed by atoms with Crippen molar-refractivity contribution in [2.75, 3.05) is 13.4 Å². The minimum atomic E-state index is -0.632. The van der Waals surface area contributed by atoms with Crippen molar-refractivity contribution < 1.29 is 23.8 Å². The summed E-state index contributed by atoms with van der Waals surface area (Å²) in [6, 6.07) is 9.18. The number of carbonyl (C=O) groups excluding carboxylic acids is 2. The minimum Gasteiger partial charge on any atom is -0.454 e. The summed E-state index contributed by atoms with van der Waals surface area (Å²) < 4.78 is 15.5. The second-order valence-electron chi connectivity index (χ2n) is 6.81. The molecule has 1 aliphatic rings. The molecular weight excluding hydrogens is 394 g/mol. The maximum absolute atomic E-state index is 12.1. The van der Waals surface area contributed by atoms with E-state index in [4.69, 9.17) is 25.8 Å². The average molecular weight is 416 g/mol. The van der Waals surface area contributed by atoms with Crippen molar-refractivity contribution in [2.45, 2.75) is 26.8 Å². The lowest BCUT2D eigenvalue weighted by molar-refractivity contribution is -0.144. The molecule has 1 N–H and O–H groups in total. The lowest BCUT2D eigenvalue weighted by Gasteiger charge is -2.15. The van der Waals surface area contributed by atoms with E-state index in [-0.39, 0.29) is 25.3 Å². The Bertz CT molecular complexity index is 970. The number of fused-ring (bicyclic) bond motifs is 1. The predicted octanol–water partition coefficient (Wildman–Crippen LogP) is 4.12. The van der Waals surface area contributed by atoms with Crippen molar-refractivity contribution in [2.24, 2.45) is 0 Å². The van der Waals surface area contributed by atoms with E-state index < -0.39 is 5.97 Å². The van der Waals surface area contributed by atoms with Crippen molar-refractivity contribution in [3.8, 4) is 11.5 Å². The van der Waals surface area contributed by atoms with Crippen LogP contribution in [0.15, 0.2) is 36.4 Å². The van der Waals surface area contributed by atoms with Gasteiger partial charge in [-0.1, -0.05) is 29.8 Å². The maximum Gasteiger partial charge on any atom is 0.331 e. The van der Waals surface area contributed by atoms with Crippen LogP contribution in [-0.2, 0) is 14.3 Å². The van der Waals surface area contributed by atoms with Gasteiger partial charge in [-0.05, 0) is 61.2 Å². The molecule has 0 aliphatic carbocycles. The van der Waals surface area contributed by atoms with Crippen LogP contribution in [0, 0.1) is 13.8 Å². The van der Waals surface area contributed by atoms with Gasteiger partial charge in [-0.3, -0.25) is 4.79 Å². The monoisotopic (exact) mass is 415 g/mol. The fourth-order valence-corrected chi connectivity index (χ4v) is 3.11. The number of aryl methyl sites for hydroxylation is 2. The normalized spacial score (nSPS) is 13.4. The Kier molecular flexibility index (Phi) is 6.44. The average Bonchev–Trinajstić information content (AvgIpc) is 3.16. The van der Waals surface area contributed by atoms with Crippen LogP contribution >= 0.6 is 11.6 Å².